The molecule has 4 nitrogen and oxygen atoms in total. The molecule has 1 rings (SSSR count). The van der Waals surface area contributed by atoms with Gasteiger partial charge in [-0.05, 0) is 36.9 Å². The second kappa shape index (κ2) is 7.06. The molecule has 0 bridgehead atoms. The van der Waals surface area contributed by atoms with Gasteiger partial charge in [0.1, 0.15) is 0 Å². The molecule has 90 valence electrons. The Morgan fingerprint density at radius 3 is 3.06 bits per heavy atom. The Morgan fingerprint density at radius 2 is 2.44 bits per heavy atom. The van der Waals surface area contributed by atoms with Crippen molar-refractivity contribution in [3.05, 3.63) is 24.0 Å². The van der Waals surface area contributed by atoms with Crippen LogP contribution in [-0.2, 0) is 11.2 Å². The van der Waals surface area contributed by atoms with Crippen molar-refractivity contribution in [2.24, 2.45) is 11.7 Å². The van der Waals surface area contributed by atoms with Crippen LogP contribution in [0.4, 0.5) is 0 Å². The van der Waals surface area contributed by atoms with E-state index in [1.54, 1.807) is 0 Å². The molecule has 1 amide bonds. The molecule has 0 saturated heterocycles. The van der Waals surface area contributed by atoms with Gasteiger partial charge in [0.25, 0.3) is 0 Å². The lowest BCUT2D eigenvalue weighted by molar-refractivity contribution is -0.121. The van der Waals surface area contributed by atoms with Gasteiger partial charge in [0, 0.05) is 25.4 Å². The van der Waals surface area contributed by atoms with E-state index in [9.17, 15) is 4.79 Å². The van der Waals surface area contributed by atoms with Crippen molar-refractivity contribution in [2.45, 2.75) is 26.2 Å². The van der Waals surface area contributed by atoms with Crippen LogP contribution in [0.15, 0.2) is 18.5 Å². The van der Waals surface area contributed by atoms with E-state index in [1.165, 1.54) is 5.56 Å². The highest BCUT2D eigenvalue weighted by Gasteiger charge is 2.04. The molecule has 0 fully saturated rings. The van der Waals surface area contributed by atoms with Gasteiger partial charge in [0.05, 0.1) is 0 Å². The summed E-state index contributed by atoms with van der Waals surface area (Å²) in [6, 6.07) is 2.04. The molecule has 1 aromatic heterocycles. The number of hydrogen-bond acceptors (Lipinski definition) is 2. The minimum Gasteiger partial charge on any atom is -0.367 e. The smallest absolute Gasteiger partial charge is 0.220 e. The third-order valence-corrected chi connectivity index (χ3v) is 2.58. The van der Waals surface area contributed by atoms with Crippen molar-refractivity contribution >= 4 is 5.91 Å². The Hall–Kier alpha value is -1.29. The van der Waals surface area contributed by atoms with E-state index in [1.807, 2.05) is 25.4 Å². The number of aromatic amines is 1. The summed E-state index contributed by atoms with van der Waals surface area (Å²) in [6.07, 6.45) is 6.29. The average Bonchev–Trinajstić information content (AvgIpc) is 2.79. The second-order valence-electron chi connectivity index (χ2n) is 4.22. The van der Waals surface area contributed by atoms with Gasteiger partial charge in [0.15, 0.2) is 0 Å². The van der Waals surface area contributed by atoms with Crippen LogP contribution in [0, 0.1) is 5.92 Å². The monoisotopic (exact) mass is 223 g/mol. The number of nitrogens with one attached hydrogen (secondary N) is 2. The standard InChI is InChI=1S/C12H21N3O/c1-10(7-13)8-15-12(16)4-2-3-11-5-6-14-9-11/h5-6,9-10,14H,2-4,7-8,13H2,1H3,(H,15,16). The lowest BCUT2D eigenvalue weighted by atomic mass is 10.1. The largest absolute Gasteiger partial charge is 0.367 e. The Labute approximate surface area is 96.6 Å². The van der Waals surface area contributed by atoms with Crippen molar-refractivity contribution < 1.29 is 4.79 Å². The fourth-order valence-corrected chi connectivity index (χ4v) is 1.43. The van der Waals surface area contributed by atoms with Crippen molar-refractivity contribution in [3.63, 3.8) is 0 Å². The highest BCUT2D eigenvalue weighted by Crippen LogP contribution is 2.03. The lowest BCUT2D eigenvalue weighted by Gasteiger charge is -2.09. The first-order chi connectivity index (χ1) is 7.72. The number of aromatic nitrogens is 1. The Balaban J connectivity index is 2.06. The van der Waals surface area contributed by atoms with E-state index >= 15 is 0 Å². The summed E-state index contributed by atoms with van der Waals surface area (Å²) in [5.41, 5.74) is 6.72. The molecule has 0 aliphatic rings. The maximum atomic E-state index is 11.4. The molecule has 1 unspecified atom stereocenters. The first-order valence-electron chi connectivity index (χ1n) is 5.80. The van der Waals surface area contributed by atoms with E-state index in [4.69, 9.17) is 5.73 Å². The van der Waals surface area contributed by atoms with Crippen LogP contribution in [0.3, 0.4) is 0 Å². The molecule has 4 N–H and O–H groups in total. The summed E-state index contributed by atoms with van der Waals surface area (Å²) in [6.45, 7) is 3.32. The summed E-state index contributed by atoms with van der Waals surface area (Å²) in [7, 11) is 0. The number of amides is 1. The number of hydrogen-bond donors (Lipinski definition) is 3. The molecule has 1 aromatic rings. The predicted molar refractivity (Wildman–Crippen MR) is 65.0 cm³/mol. The summed E-state index contributed by atoms with van der Waals surface area (Å²) in [5.74, 6) is 0.476. The highest BCUT2D eigenvalue weighted by molar-refractivity contribution is 5.75. The molecule has 0 aromatic carbocycles. The van der Waals surface area contributed by atoms with E-state index < -0.39 is 0 Å². The van der Waals surface area contributed by atoms with Gasteiger partial charge >= 0.3 is 0 Å². The van der Waals surface area contributed by atoms with Crippen LogP contribution < -0.4 is 11.1 Å². The van der Waals surface area contributed by atoms with Crippen molar-refractivity contribution in [1.82, 2.24) is 10.3 Å². The first kappa shape index (κ1) is 12.8. The molecule has 1 atom stereocenters. The number of nitrogens with two attached hydrogens (primary N) is 1. The predicted octanol–water partition coefficient (Wildman–Crippen LogP) is 1.05. The SMILES string of the molecule is CC(CN)CNC(=O)CCCc1cc[nH]c1. The zero-order valence-electron chi connectivity index (χ0n) is 9.83. The normalized spacial score (nSPS) is 12.4. The van der Waals surface area contributed by atoms with Crippen molar-refractivity contribution in [2.75, 3.05) is 13.1 Å². The van der Waals surface area contributed by atoms with Crippen LogP contribution in [0.1, 0.15) is 25.3 Å². The number of aryl methyl sites for hydroxylation is 1. The highest BCUT2D eigenvalue weighted by atomic mass is 16.1. The molecule has 0 aliphatic heterocycles. The molecule has 0 saturated carbocycles. The Bertz CT molecular complexity index is 295. The Morgan fingerprint density at radius 1 is 1.62 bits per heavy atom. The zero-order chi connectivity index (χ0) is 11.8. The van der Waals surface area contributed by atoms with E-state index in [0.717, 1.165) is 12.8 Å². The minimum atomic E-state index is 0.121. The third-order valence-electron chi connectivity index (χ3n) is 2.58. The van der Waals surface area contributed by atoms with E-state index in [-0.39, 0.29) is 5.91 Å². The molecule has 16 heavy (non-hydrogen) atoms. The van der Waals surface area contributed by atoms with Gasteiger partial charge in [-0.3, -0.25) is 4.79 Å². The van der Waals surface area contributed by atoms with Gasteiger partial charge in [-0.15, -0.1) is 0 Å². The molecule has 0 radical (unpaired) electrons. The fraction of sp³-hybridized carbons (Fsp3) is 0.583. The molecular weight excluding hydrogens is 202 g/mol. The van der Waals surface area contributed by atoms with Gasteiger partial charge in [-0.25, -0.2) is 0 Å². The third kappa shape index (κ3) is 4.98. The van der Waals surface area contributed by atoms with Crippen LogP contribution in [0.2, 0.25) is 0 Å². The second-order valence-corrected chi connectivity index (χ2v) is 4.22. The molecule has 0 spiro atoms. The maximum absolute atomic E-state index is 11.4. The fourth-order valence-electron chi connectivity index (χ4n) is 1.43. The van der Waals surface area contributed by atoms with Crippen LogP contribution in [-0.4, -0.2) is 24.0 Å². The number of carbonyl (C=O) groups is 1. The summed E-state index contributed by atoms with van der Waals surface area (Å²) in [5, 5.41) is 2.89. The molecule has 0 aliphatic carbocycles. The van der Waals surface area contributed by atoms with Crippen molar-refractivity contribution in [3.8, 4) is 0 Å². The van der Waals surface area contributed by atoms with Gasteiger partial charge in [0.2, 0.25) is 5.91 Å². The number of rotatable bonds is 7. The molecule has 1 heterocycles. The van der Waals surface area contributed by atoms with Crippen LogP contribution in [0.5, 0.6) is 0 Å². The summed E-state index contributed by atoms with van der Waals surface area (Å²) in [4.78, 5) is 14.4. The summed E-state index contributed by atoms with van der Waals surface area (Å²) < 4.78 is 0. The average molecular weight is 223 g/mol. The maximum Gasteiger partial charge on any atom is 0.220 e. The van der Waals surface area contributed by atoms with Gasteiger partial charge in [-0.2, -0.15) is 0 Å². The van der Waals surface area contributed by atoms with Gasteiger partial charge in [-0.1, -0.05) is 6.92 Å². The van der Waals surface area contributed by atoms with Crippen LogP contribution in [0.25, 0.3) is 0 Å². The number of carbonyl (C=O) groups excluding carboxylic acids is 1. The lowest BCUT2D eigenvalue weighted by Crippen LogP contribution is -2.31. The van der Waals surface area contributed by atoms with E-state index in [0.29, 0.717) is 25.4 Å². The number of H-pyrrole nitrogens is 1. The van der Waals surface area contributed by atoms with E-state index in [2.05, 4.69) is 10.3 Å². The first-order valence-corrected chi connectivity index (χ1v) is 5.80. The molecular formula is C12H21N3O. The Kier molecular flexibility index (Phi) is 5.64. The topological polar surface area (TPSA) is 70.9 Å². The minimum absolute atomic E-state index is 0.121. The van der Waals surface area contributed by atoms with Crippen LogP contribution >= 0.6 is 0 Å². The quantitative estimate of drug-likeness (QED) is 0.646. The molecule has 4 heteroatoms. The van der Waals surface area contributed by atoms with Gasteiger partial charge < -0.3 is 16.0 Å². The summed E-state index contributed by atoms with van der Waals surface area (Å²) >= 11 is 0. The zero-order valence-corrected chi connectivity index (χ0v) is 9.83. The van der Waals surface area contributed by atoms with Crippen molar-refractivity contribution in [1.29, 1.82) is 0 Å².